The largest absolute Gasteiger partial charge is 0.310 e. The number of fused-ring (bicyclic) bond motifs is 10. The van der Waals surface area contributed by atoms with Crippen LogP contribution in [0.5, 0.6) is 0 Å². The first kappa shape index (κ1) is 31.9. The van der Waals surface area contributed by atoms with Crippen molar-refractivity contribution in [1.82, 2.24) is 0 Å². The van der Waals surface area contributed by atoms with E-state index in [-0.39, 0.29) is 0 Å². The van der Waals surface area contributed by atoms with Gasteiger partial charge in [-0.3, -0.25) is 0 Å². The monoisotopic (exact) mass is 717 g/mol. The maximum atomic E-state index is 2.46. The van der Waals surface area contributed by atoms with Gasteiger partial charge < -0.3 is 4.90 Å². The van der Waals surface area contributed by atoms with E-state index in [1.165, 1.54) is 76.2 Å². The highest BCUT2D eigenvalue weighted by molar-refractivity contribution is 7.99. The first-order valence-corrected chi connectivity index (χ1v) is 19.7. The Hall–Kier alpha value is -6.61. The molecule has 2 aliphatic rings. The van der Waals surface area contributed by atoms with Crippen molar-refractivity contribution in [2.75, 3.05) is 4.90 Å². The Kier molecular flexibility index (Phi) is 7.40. The third-order valence-electron chi connectivity index (χ3n) is 11.5. The Balaban J connectivity index is 1.16. The number of nitrogens with zero attached hydrogens (tertiary/aromatic N) is 1. The quantitative estimate of drug-likeness (QED) is 0.174. The van der Waals surface area contributed by atoms with Crippen LogP contribution < -0.4 is 4.90 Å². The Morgan fingerprint density at radius 1 is 0.327 bits per heavy atom. The predicted octanol–water partition coefficient (Wildman–Crippen LogP) is 14.5. The average Bonchev–Trinajstić information content (AvgIpc) is 3.55. The average molecular weight is 718 g/mol. The van der Waals surface area contributed by atoms with E-state index < -0.39 is 5.41 Å². The maximum absolute atomic E-state index is 2.46. The van der Waals surface area contributed by atoms with Crippen molar-refractivity contribution in [2.45, 2.75) is 15.2 Å². The molecule has 9 aromatic rings. The molecule has 0 radical (unpaired) electrons. The van der Waals surface area contributed by atoms with Crippen LogP contribution >= 0.6 is 11.8 Å². The van der Waals surface area contributed by atoms with Crippen molar-refractivity contribution in [1.29, 1.82) is 0 Å². The Bertz CT molecular complexity index is 2850. The van der Waals surface area contributed by atoms with Gasteiger partial charge in [0.2, 0.25) is 0 Å². The molecule has 1 spiro atoms. The molecule has 0 fully saturated rings. The fraction of sp³-hybridized carbons (Fsp3) is 0.0189. The minimum absolute atomic E-state index is 0.449. The van der Waals surface area contributed by atoms with Crippen molar-refractivity contribution in [3.63, 3.8) is 0 Å². The van der Waals surface area contributed by atoms with Gasteiger partial charge in [-0.2, -0.15) is 0 Å². The van der Waals surface area contributed by atoms with Gasteiger partial charge in [-0.15, -0.1) is 0 Å². The highest BCUT2D eigenvalue weighted by atomic mass is 32.2. The number of benzene rings is 9. The molecule has 0 aromatic heterocycles. The van der Waals surface area contributed by atoms with Crippen LogP contribution in [0.25, 0.3) is 44.2 Å². The summed E-state index contributed by atoms with van der Waals surface area (Å²) < 4.78 is 0. The Morgan fingerprint density at radius 3 is 1.53 bits per heavy atom. The van der Waals surface area contributed by atoms with Crippen molar-refractivity contribution in [3.8, 4) is 33.4 Å². The summed E-state index contributed by atoms with van der Waals surface area (Å²) in [5, 5.41) is 2.53. The highest BCUT2D eigenvalue weighted by Crippen LogP contribution is 2.63. The molecule has 0 atom stereocenters. The van der Waals surface area contributed by atoms with Crippen molar-refractivity contribution < 1.29 is 0 Å². The van der Waals surface area contributed by atoms with Gasteiger partial charge in [-0.05, 0) is 103 Å². The number of hydrogen-bond acceptors (Lipinski definition) is 2. The van der Waals surface area contributed by atoms with E-state index >= 15 is 0 Å². The van der Waals surface area contributed by atoms with Crippen molar-refractivity contribution in [3.05, 3.63) is 235 Å². The third kappa shape index (κ3) is 4.95. The molecule has 2 heteroatoms. The lowest BCUT2D eigenvalue weighted by molar-refractivity contribution is 0.724. The maximum Gasteiger partial charge on any atom is 0.0735 e. The summed E-state index contributed by atoms with van der Waals surface area (Å²) in [6.07, 6.45) is 0. The lowest BCUT2D eigenvalue weighted by Gasteiger charge is -2.40. The van der Waals surface area contributed by atoms with Gasteiger partial charge in [0.05, 0.1) is 11.1 Å². The second kappa shape index (κ2) is 12.8. The normalized spacial score (nSPS) is 13.2. The second-order valence-corrected chi connectivity index (χ2v) is 15.5. The summed E-state index contributed by atoms with van der Waals surface area (Å²) in [4.78, 5) is 5.02. The molecule has 258 valence electrons. The molecule has 1 heterocycles. The molecule has 0 unspecified atom stereocenters. The van der Waals surface area contributed by atoms with Crippen LogP contribution in [0.4, 0.5) is 17.1 Å². The van der Waals surface area contributed by atoms with E-state index in [1.807, 2.05) is 11.8 Å². The number of hydrogen-bond donors (Lipinski definition) is 0. The summed E-state index contributed by atoms with van der Waals surface area (Å²) in [6, 6.07) is 78.2. The zero-order valence-corrected chi connectivity index (χ0v) is 30.9. The number of anilines is 3. The van der Waals surface area contributed by atoms with E-state index in [0.29, 0.717) is 0 Å². The van der Waals surface area contributed by atoms with Crippen LogP contribution in [0.1, 0.15) is 22.3 Å². The minimum atomic E-state index is -0.449. The molecule has 0 bridgehead atoms. The number of para-hydroxylation sites is 1. The van der Waals surface area contributed by atoms with Gasteiger partial charge in [-0.25, -0.2) is 0 Å². The second-order valence-electron chi connectivity index (χ2n) is 14.5. The molecule has 0 amide bonds. The fourth-order valence-electron chi connectivity index (χ4n) is 9.11. The van der Waals surface area contributed by atoms with E-state index in [2.05, 4.69) is 217 Å². The van der Waals surface area contributed by atoms with Gasteiger partial charge in [0.1, 0.15) is 0 Å². The van der Waals surface area contributed by atoms with Gasteiger partial charge in [0.25, 0.3) is 0 Å². The first-order valence-electron chi connectivity index (χ1n) is 18.9. The molecule has 9 aromatic carbocycles. The highest BCUT2D eigenvalue weighted by Gasteiger charge is 2.50. The molecule has 1 aliphatic heterocycles. The lowest BCUT2D eigenvalue weighted by Crippen LogP contribution is -2.32. The fourth-order valence-corrected chi connectivity index (χ4v) is 10.4. The van der Waals surface area contributed by atoms with E-state index in [1.54, 1.807) is 0 Å². The first-order chi connectivity index (χ1) is 27.3. The Morgan fingerprint density at radius 2 is 0.836 bits per heavy atom. The topological polar surface area (TPSA) is 3.24 Å². The molecular formula is C53H35NS. The van der Waals surface area contributed by atoms with Crippen LogP contribution in [0.3, 0.4) is 0 Å². The molecule has 0 saturated heterocycles. The summed E-state index contributed by atoms with van der Waals surface area (Å²) >= 11 is 1.90. The molecule has 11 rings (SSSR count). The zero-order chi connectivity index (χ0) is 36.3. The standard InChI is InChI=1S/C53H35NS/c1-3-15-36(16-4-1)37-27-29-41(30-28-37)54(50-26-14-11-21-43(50)38-17-5-2-6-18-38)42-31-32-48-52(35-42)55-51-34-40-20-8-7-19-39(40)33-49(51)53(48)46-24-12-9-22-44(46)45-23-10-13-25-47(45)53/h1-35H. The number of rotatable bonds is 5. The molecule has 0 N–H and O–H groups in total. The Labute approximate surface area is 326 Å². The van der Waals surface area contributed by atoms with Crippen LogP contribution in [0, 0.1) is 0 Å². The van der Waals surface area contributed by atoms with Crippen molar-refractivity contribution in [2.24, 2.45) is 0 Å². The predicted molar refractivity (Wildman–Crippen MR) is 231 cm³/mol. The molecule has 55 heavy (non-hydrogen) atoms. The zero-order valence-electron chi connectivity index (χ0n) is 30.1. The van der Waals surface area contributed by atoms with Gasteiger partial charge >= 0.3 is 0 Å². The molecule has 1 aliphatic carbocycles. The molecule has 0 saturated carbocycles. The van der Waals surface area contributed by atoms with E-state index in [4.69, 9.17) is 0 Å². The van der Waals surface area contributed by atoms with Crippen molar-refractivity contribution >= 4 is 39.6 Å². The van der Waals surface area contributed by atoms with Gasteiger partial charge in [-0.1, -0.05) is 182 Å². The summed E-state index contributed by atoms with van der Waals surface area (Å²) in [5.74, 6) is 0. The van der Waals surface area contributed by atoms with E-state index in [0.717, 1.165) is 17.1 Å². The summed E-state index contributed by atoms with van der Waals surface area (Å²) in [5.41, 5.74) is 15.7. The smallest absolute Gasteiger partial charge is 0.0735 e. The summed E-state index contributed by atoms with van der Waals surface area (Å²) in [6.45, 7) is 0. The molecule has 1 nitrogen and oxygen atoms in total. The van der Waals surface area contributed by atoms with Crippen LogP contribution in [-0.2, 0) is 5.41 Å². The third-order valence-corrected chi connectivity index (χ3v) is 12.6. The van der Waals surface area contributed by atoms with Crippen LogP contribution in [0.2, 0.25) is 0 Å². The van der Waals surface area contributed by atoms with Gasteiger partial charge in [0, 0.05) is 26.7 Å². The van der Waals surface area contributed by atoms with Crippen LogP contribution in [0.15, 0.2) is 222 Å². The SMILES string of the molecule is c1ccc(-c2ccc(N(c3ccc4c(c3)Sc3cc5ccccc5cc3C43c4ccccc4-c4ccccc43)c3ccccc3-c3ccccc3)cc2)cc1. The van der Waals surface area contributed by atoms with E-state index in [9.17, 15) is 0 Å². The lowest BCUT2D eigenvalue weighted by atomic mass is 9.67. The minimum Gasteiger partial charge on any atom is -0.310 e. The van der Waals surface area contributed by atoms with Gasteiger partial charge in [0.15, 0.2) is 0 Å². The van der Waals surface area contributed by atoms with Crippen LogP contribution in [-0.4, -0.2) is 0 Å². The summed E-state index contributed by atoms with van der Waals surface area (Å²) in [7, 11) is 0. The molecular weight excluding hydrogens is 683 g/mol.